The molecule has 0 saturated carbocycles. The number of nitrogens with one attached hydrogen (secondary N) is 1. The van der Waals surface area contributed by atoms with Crippen LogP contribution in [0.25, 0.3) is 0 Å². The monoisotopic (exact) mass is 376 g/mol. The number of anilines is 2. The molecule has 28 heavy (non-hydrogen) atoms. The zero-order valence-corrected chi connectivity index (χ0v) is 16.1. The van der Waals surface area contributed by atoms with E-state index in [-0.39, 0.29) is 5.91 Å². The number of aromatic nitrogens is 2. The molecule has 0 bridgehead atoms. The highest BCUT2D eigenvalue weighted by molar-refractivity contribution is 6.03. The summed E-state index contributed by atoms with van der Waals surface area (Å²) in [5, 5.41) is 2.86. The molecular formula is C22H24N4O2. The number of amides is 1. The summed E-state index contributed by atoms with van der Waals surface area (Å²) in [7, 11) is 2.01. The van der Waals surface area contributed by atoms with Gasteiger partial charge < -0.3 is 15.0 Å². The van der Waals surface area contributed by atoms with Crippen LogP contribution < -0.4 is 15.0 Å². The van der Waals surface area contributed by atoms with E-state index in [4.69, 9.17) is 4.74 Å². The van der Waals surface area contributed by atoms with Crippen LogP contribution in [0.5, 0.6) is 5.75 Å². The molecule has 2 aromatic heterocycles. The Labute approximate surface area is 165 Å². The molecule has 144 valence electrons. The molecule has 0 saturated heterocycles. The summed E-state index contributed by atoms with van der Waals surface area (Å²) < 4.78 is 5.54. The molecule has 0 fully saturated rings. The van der Waals surface area contributed by atoms with Gasteiger partial charge in [-0.2, -0.15) is 0 Å². The van der Waals surface area contributed by atoms with E-state index < -0.39 is 0 Å². The number of para-hydroxylation sites is 2. The van der Waals surface area contributed by atoms with Crippen molar-refractivity contribution < 1.29 is 9.53 Å². The molecule has 0 aliphatic rings. The van der Waals surface area contributed by atoms with E-state index >= 15 is 0 Å². The Morgan fingerprint density at radius 2 is 1.89 bits per heavy atom. The number of likely N-dealkylation sites (N-methyl/N-ethyl adjacent to an activating group) is 1. The van der Waals surface area contributed by atoms with Gasteiger partial charge in [-0.25, -0.2) is 4.98 Å². The summed E-state index contributed by atoms with van der Waals surface area (Å²) in [4.78, 5) is 23.0. The van der Waals surface area contributed by atoms with Gasteiger partial charge in [-0.3, -0.25) is 9.78 Å². The summed E-state index contributed by atoms with van der Waals surface area (Å²) in [6, 6.07) is 15.0. The standard InChI is InChI=1S/C22H24N4O2/c1-3-28-21-7-5-4-6-19(21)25-22(27)20-9-8-18(16-24-20)26(2)15-12-17-10-13-23-14-11-17/h4-11,13-14,16H,3,12,15H2,1-2H3,(H,25,27). The van der Waals surface area contributed by atoms with Crippen LogP contribution in [0.3, 0.4) is 0 Å². The van der Waals surface area contributed by atoms with Gasteiger partial charge in [-0.15, -0.1) is 0 Å². The van der Waals surface area contributed by atoms with Gasteiger partial charge in [0.1, 0.15) is 11.4 Å². The summed E-state index contributed by atoms with van der Waals surface area (Å²) in [6.07, 6.45) is 6.23. The first-order valence-corrected chi connectivity index (χ1v) is 9.26. The van der Waals surface area contributed by atoms with Crippen LogP contribution in [0.4, 0.5) is 11.4 Å². The molecule has 0 radical (unpaired) electrons. The van der Waals surface area contributed by atoms with E-state index in [1.165, 1.54) is 5.56 Å². The predicted molar refractivity (Wildman–Crippen MR) is 111 cm³/mol. The number of benzene rings is 1. The Hall–Kier alpha value is -3.41. The Kier molecular flexibility index (Phi) is 6.57. The SMILES string of the molecule is CCOc1ccccc1NC(=O)c1ccc(N(C)CCc2ccncc2)cn1. The highest BCUT2D eigenvalue weighted by atomic mass is 16.5. The van der Waals surface area contributed by atoms with Gasteiger partial charge >= 0.3 is 0 Å². The molecule has 0 aliphatic carbocycles. The summed E-state index contributed by atoms with van der Waals surface area (Å²) >= 11 is 0. The molecule has 0 aliphatic heterocycles. The molecule has 6 heteroatoms. The molecule has 3 aromatic rings. The van der Waals surface area contributed by atoms with E-state index in [0.29, 0.717) is 23.7 Å². The van der Waals surface area contributed by atoms with Gasteiger partial charge in [0.15, 0.2) is 0 Å². The number of rotatable bonds is 8. The largest absolute Gasteiger partial charge is 0.492 e. The Morgan fingerprint density at radius 3 is 2.61 bits per heavy atom. The van der Waals surface area contributed by atoms with E-state index in [1.807, 2.05) is 56.4 Å². The smallest absolute Gasteiger partial charge is 0.274 e. The van der Waals surface area contributed by atoms with Crippen LogP contribution in [0, 0.1) is 0 Å². The van der Waals surface area contributed by atoms with Crippen molar-refractivity contribution in [3.63, 3.8) is 0 Å². The zero-order chi connectivity index (χ0) is 19.8. The lowest BCUT2D eigenvalue weighted by molar-refractivity contribution is 0.102. The summed E-state index contributed by atoms with van der Waals surface area (Å²) in [6.45, 7) is 3.29. The molecule has 0 spiro atoms. The van der Waals surface area contributed by atoms with E-state index in [9.17, 15) is 4.79 Å². The fraction of sp³-hybridized carbons (Fsp3) is 0.227. The predicted octanol–water partition coefficient (Wildman–Crippen LogP) is 3.81. The molecular weight excluding hydrogens is 352 g/mol. The number of carbonyl (C=O) groups excluding carboxylic acids is 1. The molecule has 0 atom stereocenters. The third kappa shape index (κ3) is 5.07. The lowest BCUT2D eigenvalue weighted by Crippen LogP contribution is -2.21. The highest BCUT2D eigenvalue weighted by Gasteiger charge is 2.11. The Balaban J connectivity index is 1.61. The van der Waals surface area contributed by atoms with Gasteiger partial charge in [0.2, 0.25) is 0 Å². The second-order valence-electron chi connectivity index (χ2n) is 6.31. The maximum absolute atomic E-state index is 12.5. The van der Waals surface area contributed by atoms with Gasteiger partial charge in [-0.1, -0.05) is 12.1 Å². The zero-order valence-electron chi connectivity index (χ0n) is 16.1. The first-order chi connectivity index (χ1) is 13.7. The minimum absolute atomic E-state index is 0.266. The van der Waals surface area contributed by atoms with Gasteiger partial charge in [0, 0.05) is 26.0 Å². The van der Waals surface area contributed by atoms with Gasteiger partial charge in [0.05, 0.1) is 24.2 Å². The fourth-order valence-corrected chi connectivity index (χ4v) is 2.76. The first kappa shape index (κ1) is 19.4. The third-order valence-electron chi connectivity index (χ3n) is 4.34. The van der Waals surface area contributed by atoms with Crippen LogP contribution in [-0.2, 0) is 6.42 Å². The number of nitrogens with zero attached hydrogens (tertiary/aromatic N) is 3. The maximum Gasteiger partial charge on any atom is 0.274 e. The molecule has 2 heterocycles. The van der Waals surface area contributed by atoms with Crippen molar-refractivity contribution in [3.05, 3.63) is 78.4 Å². The number of hydrogen-bond donors (Lipinski definition) is 1. The molecule has 0 unspecified atom stereocenters. The second kappa shape index (κ2) is 9.50. The molecule has 1 N–H and O–H groups in total. The van der Waals surface area contributed by atoms with Crippen molar-refractivity contribution in [2.75, 3.05) is 30.4 Å². The quantitative estimate of drug-likeness (QED) is 0.648. The topological polar surface area (TPSA) is 67.3 Å². The minimum Gasteiger partial charge on any atom is -0.492 e. The maximum atomic E-state index is 12.5. The number of carbonyl (C=O) groups is 1. The van der Waals surface area contributed by atoms with Gasteiger partial charge in [-0.05, 0) is 55.3 Å². The van der Waals surface area contributed by atoms with E-state index in [2.05, 4.69) is 20.2 Å². The molecule has 1 aromatic carbocycles. The fourth-order valence-electron chi connectivity index (χ4n) is 2.76. The minimum atomic E-state index is -0.266. The van der Waals surface area contributed by atoms with Crippen LogP contribution >= 0.6 is 0 Å². The summed E-state index contributed by atoms with van der Waals surface area (Å²) in [5.41, 5.74) is 3.19. The average Bonchev–Trinajstić information content (AvgIpc) is 2.74. The van der Waals surface area contributed by atoms with Crippen molar-refractivity contribution in [2.45, 2.75) is 13.3 Å². The average molecular weight is 376 g/mol. The van der Waals surface area contributed by atoms with Crippen LogP contribution in [0.15, 0.2) is 67.1 Å². The Bertz CT molecular complexity index is 898. The number of pyridine rings is 2. The lowest BCUT2D eigenvalue weighted by Gasteiger charge is -2.19. The third-order valence-corrected chi connectivity index (χ3v) is 4.34. The summed E-state index contributed by atoms with van der Waals surface area (Å²) in [5.74, 6) is 0.379. The normalized spacial score (nSPS) is 10.4. The van der Waals surface area contributed by atoms with Crippen LogP contribution in [0.2, 0.25) is 0 Å². The van der Waals surface area contributed by atoms with Crippen molar-refractivity contribution in [3.8, 4) is 5.75 Å². The van der Waals surface area contributed by atoms with Crippen molar-refractivity contribution >= 4 is 17.3 Å². The van der Waals surface area contributed by atoms with Crippen LogP contribution in [0.1, 0.15) is 23.0 Å². The molecule has 1 amide bonds. The van der Waals surface area contributed by atoms with Crippen molar-refractivity contribution in [1.82, 2.24) is 9.97 Å². The number of hydrogen-bond acceptors (Lipinski definition) is 5. The molecule has 3 rings (SSSR count). The number of ether oxygens (including phenoxy) is 1. The molecule has 6 nitrogen and oxygen atoms in total. The van der Waals surface area contributed by atoms with Crippen molar-refractivity contribution in [1.29, 1.82) is 0 Å². The van der Waals surface area contributed by atoms with E-state index in [1.54, 1.807) is 24.7 Å². The van der Waals surface area contributed by atoms with Crippen molar-refractivity contribution in [2.24, 2.45) is 0 Å². The van der Waals surface area contributed by atoms with E-state index in [0.717, 1.165) is 18.7 Å². The van der Waals surface area contributed by atoms with Gasteiger partial charge in [0.25, 0.3) is 5.91 Å². The first-order valence-electron chi connectivity index (χ1n) is 9.26. The lowest BCUT2D eigenvalue weighted by atomic mass is 10.2. The highest BCUT2D eigenvalue weighted by Crippen LogP contribution is 2.24. The Morgan fingerprint density at radius 1 is 1.11 bits per heavy atom. The second-order valence-corrected chi connectivity index (χ2v) is 6.31. The van der Waals surface area contributed by atoms with Crippen LogP contribution in [-0.4, -0.2) is 36.1 Å².